The fraction of sp³-hybridized carbons (Fsp3) is 0.462. The summed E-state index contributed by atoms with van der Waals surface area (Å²) < 4.78 is 0. The first-order chi connectivity index (χ1) is 8.60. The largest absolute Gasteiger partial charge is 0.481 e. The van der Waals surface area contributed by atoms with E-state index >= 15 is 0 Å². The topological polar surface area (TPSA) is 70.5 Å². The molecule has 0 radical (unpaired) electrons. The standard InChI is InChI=1S/C13H16N2O3/c1-2-9-3-4-11(14-6-9)8-15-7-10(13(17)18)5-12(15)16/h3-4,6,10H,2,5,7-8H2,1H3,(H,17,18)/t10-/m0/s1. The highest BCUT2D eigenvalue weighted by molar-refractivity contribution is 5.86. The molecule has 0 bridgehead atoms. The lowest BCUT2D eigenvalue weighted by Crippen LogP contribution is -2.26. The van der Waals surface area contributed by atoms with Crippen molar-refractivity contribution in [2.24, 2.45) is 5.92 Å². The maximum Gasteiger partial charge on any atom is 0.308 e. The minimum Gasteiger partial charge on any atom is -0.481 e. The van der Waals surface area contributed by atoms with Crippen molar-refractivity contribution < 1.29 is 14.7 Å². The summed E-state index contributed by atoms with van der Waals surface area (Å²) in [6.07, 6.45) is 2.82. The number of aryl methyl sites for hydroxylation is 1. The number of hydrogen-bond acceptors (Lipinski definition) is 3. The molecule has 18 heavy (non-hydrogen) atoms. The Balaban J connectivity index is 2.01. The van der Waals surface area contributed by atoms with Gasteiger partial charge in [-0.2, -0.15) is 0 Å². The lowest BCUT2D eigenvalue weighted by atomic mass is 10.1. The molecule has 0 unspecified atom stereocenters. The predicted molar refractivity (Wildman–Crippen MR) is 64.8 cm³/mol. The Kier molecular flexibility index (Phi) is 3.60. The fourth-order valence-electron chi connectivity index (χ4n) is 2.04. The quantitative estimate of drug-likeness (QED) is 0.865. The minimum absolute atomic E-state index is 0.0996. The molecule has 1 atom stereocenters. The second-order valence-electron chi connectivity index (χ2n) is 4.52. The highest BCUT2D eigenvalue weighted by Crippen LogP contribution is 2.19. The van der Waals surface area contributed by atoms with Crippen LogP contribution >= 0.6 is 0 Å². The molecular formula is C13H16N2O3. The van der Waals surface area contributed by atoms with Crippen LogP contribution in [0.1, 0.15) is 24.6 Å². The zero-order valence-corrected chi connectivity index (χ0v) is 10.3. The van der Waals surface area contributed by atoms with Crippen molar-refractivity contribution in [1.82, 2.24) is 9.88 Å². The van der Waals surface area contributed by atoms with Crippen molar-refractivity contribution in [2.45, 2.75) is 26.3 Å². The number of hydrogen-bond donors (Lipinski definition) is 1. The first-order valence-corrected chi connectivity index (χ1v) is 6.04. The summed E-state index contributed by atoms with van der Waals surface area (Å²) in [5.41, 5.74) is 1.95. The first kappa shape index (κ1) is 12.5. The number of carbonyl (C=O) groups excluding carboxylic acids is 1. The molecule has 1 aliphatic rings. The molecule has 1 aliphatic heterocycles. The molecule has 1 N–H and O–H groups in total. The van der Waals surface area contributed by atoms with Gasteiger partial charge < -0.3 is 10.0 Å². The fourth-order valence-corrected chi connectivity index (χ4v) is 2.04. The van der Waals surface area contributed by atoms with Gasteiger partial charge in [0.15, 0.2) is 0 Å². The zero-order chi connectivity index (χ0) is 13.1. The Hall–Kier alpha value is -1.91. The van der Waals surface area contributed by atoms with Crippen LogP contribution in [-0.2, 0) is 22.6 Å². The van der Waals surface area contributed by atoms with Gasteiger partial charge in [0.25, 0.3) is 0 Å². The van der Waals surface area contributed by atoms with Crippen LogP contribution < -0.4 is 0 Å². The summed E-state index contributed by atoms with van der Waals surface area (Å²) in [7, 11) is 0. The average Bonchev–Trinajstić information content (AvgIpc) is 2.72. The molecule has 0 spiro atoms. The van der Waals surface area contributed by atoms with Gasteiger partial charge in [-0.3, -0.25) is 14.6 Å². The molecule has 5 heteroatoms. The molecule has 5 nitrogen and oxygen atoms in total. The van der Waals surface area contributed by atoms with Crippen LogP contribution in [0.4, 0.5) is 0 Å². The van der Waals surface area contributed by atoms with E-state index in [2.05, 4.69) is 11.9 Å². The number of amides is 1. The van der Waals surface area contributed by atoms with E-state index in [1.807, 2.05) is 12.1 Å². The summed E-state index contributed by atoms with van der Waals surface area (Å²) in [6.45, 7) is 2.73. The molecular weight excluding hydrogens is 232 g/mol. The van der Waals surface area contributed by atoms with Gasteiger partial charge in [-0.15, -0.1) is 0 Å². The summed E-state index contributed by atoms with van der Waals surface area (Å²) in [5.74, 6) is -1.59. The molecule has 96 valence electrons. The van der Waals surface area contributed by atoms with Crippen molar-refractivity contribution in [2.75, 3.05) is 6.54 Å². The highest BCUT2D eigenvalue weighted by atomic mass is 16.4. The van der Waals surface area contributed by atoms with E-state index in [-0.39, 0.29) is 18.9 Å². The number of carboxylic acids is 1. The number of carboxylic acid groups (broad SMARTS) is 1. The predicted octanol–water partition coefficient (Wildman–Crippen LogP) is 1.08. The third-order valence-electron chi connectivity index (χ3n) is 3.21. The van der Waals surface area contributed by atoms with Crippen LogP contribution in [0.3, 0.4) is 0 Å². The molecule has 0 aromatic carbocycles. The van der Waals surface area contributed by atoms with E-state index in [0.29, 0.717) is 6.54 Å². The monoisotopic (exact) mass is 248 g/mol. The second-order valence-corrected chi connectivity index (χ2v) is 4.52. The molecule has 2 heterocycles. The van der Waals surface area contributed by atoms with Gasteiger partial charge in [0.1, 0.15) is 0 Å². The van der Waals surface area contributed by atoms with E-state index in [4.69, 9.17) is 5.11 Å². The van der Waals surface area contributed by atoms with Gasteiger partial charge in [0.2, 0.25) is 5.91 Å². The Morgan fingerprint density at radius 2 is 2.33 bits per heavy atom. The van der Waals surface area contributed by atoms with Crippen LogP contribution in [0.2, 0.25) is 0 Å². The number of rotatable bonds is 4. The van der Waals surface area contributed by atoms with Crippen LogP contribution in [0.5, 0.6) is 0 Å². The molecule has 1 aromatic rings. The van der Waals surface area contributed by atoms with Crippen LogP contribution in [0.25, 0.3) is 0 Å². The minimum atomic E-state index is -0.903. The SMILES string of the molecule is CCc1ccc(CN2C[C@@H](C(=O)O)CC2=O)nc1. The number of aliphatic carboxylic acids is 1. The highest BCUT2D eigenvalue weighted by Gasteiger charge is 2.34. The third kappa shape index (κ3) is 2.67. The molecule has 1 amide bonds. The van der Waals surface area contributed by atoms with E-state index in [1.165, 1.54) is 0 Å². The van der Waals surface area contributed by atoms with E-state index in [0.717, 1.165) is 17.7 Å². The van der Waals surface area contributed by atoms with Gasteiger partial charge in [-0.25, -0.2) is 0 Å². The Morgan fingerprint density at radius 1 is 1.56 bits per heavy atom. The summed E-state index contributed by atoms with van der Waals surface area (Å²) in [4.78, 5) is 28.3. The Morgan fingerprint density at radius 3 is 2.83 bits per heavy atom. The van der Waals surface area contributed by atoms with E-state index < -0.39 is 11.9 Å². The van der Waals surface area contributed by atoms with E-state index in [9.17, 15) is 9.59 Å². The van der Waals surface area contributed by atoms with Gasteiger partial charge in [-0.05, 0) is 18.1 Å². The zero-order valence-electron chi connectivity index (χ0n) is 10.3. The van der Waals surface area contributed by atoms with Gasteiger partial charge in [0.05, 0.1) is 18.2 Å². The first-order valence-electron chi connectivity index (χ1n) is 6.04. The molecule has 1 aromatic heterocycles. The second kappa shape index (κ2) is 5.16. The average molecular weight is 248 g/mol. The number of aromatic nitrogens is 1. The summed E-state index contributed by atoms with van der Waals surface area (Å²) in [6, 6.07) is 3.87. The molecule has 2 rings (SSSR count). The number of pyridine rings is 1. The van der Waals surface area contributed by atoms with Crippen molar-refractivity contribution in [3.63, 3.8) is 0 Å². The van der Waals surface area contributed by atoms with Crippen molar-refractivity contribution >= 4 is 11.9 Å². The van der Waals surface area contributed by atoms with Crippen LogP contribution in [0.15, 0.2) is 18.3 Å². The van der Waals surface area contributed by atoms with Gasteiger partial charge in [-0.1, -0.05) is 13.0 Å². The molecule has 1 fully saturated rings. The van der Waals surface area contributed by atoms with Crippen molar-refractivity contribution in [1.29, 1.82) is 0 Å². The Bertz CT molecular complexity index is 456. The normalized spacial score (nSPS) is 19.3. The van der Waals surface area contributed by atoms with Crippen LogP contribution in [-0.4, -0.2) is 33.4 Å². The molecule has 0 aliphatic carbocycles. The maximum atomic E-state index is 11.7. The summed E-state index contributed by atoms with van der Waals surface area (Å²) >= 11 is 0. The van der Waals surface area contributed by atoms with Crippen LogP contribution in [0, 0.1) is 5.92 Å². The lowest BCUT2D eigenvalue weighted by molar-refractivity contribution is -0.141. The molecule has 0 saturated carbocycles. The van der Waals surface area contributed by atoms with E-state index in [1.54, 1.807) is 11.1 Å². The van der Waals surface area contributed by atoms with Crippen molar-refractivity contribution in [3.05, 3.63) is 29.6 Å². The summed E-state index contributed by atoms with van der Waals surface area (Å²) in [5, 5.41) is 8.89. The molecule has 1 saturated heterocycles. The van der Waals surface area contributed by atoms with Crippen molar-refractivity contribution in [3.8, 4) is 0 Å². The van der Waals surface area contributed by atoms with Gasteiger partial charge >= 0.3 is 5.97 Å². The number of carbonyl (C=O) groups is 2. The maximum absolute atomic E-state index is 11.7. The lowest BCUT2D eigenvalue weighted by Gasteiger charge is -2.15. The van der Waals surface area contributed by atoms with Gasteiger partial charge in [0, 0.05) is 19.2 Å². The third-order valence-corrected chi connectivity index (χ3v) is 3.21. The number of likely N-dealkylation sites (tertiary alicyclic amines) is 1. The number of nitrogens with zero attached hydrogens (tertiary/aromatic N) is 2. The Labute approximate surface area is 105 Å². The smallest absolute Gasteiger partial charge is 0.308 e.